The van der Waals surface area contributed by atoms with Crippen molar-refractivity contribution in [2.45, 2.75) is 25.5 Å². The quantitative estimate of drug-likeness (QED) is 0.847. The molecule has 0 bridgehead atoms. The summed E-state index contributed by atoms with van der Waals surface area (Å²) in [7, 11) is 0. The number of rotatable bonds is 6. The standard InChI is InChI=1S/C19H24N2O2S/c22-18(16-7-2-1-3-8-16)19(23)20-12-15-6-4-10-21(13-15)14-17-9-5-11-24-17/h1-3,5,7-9,11,15,18,22H,4,6,10,12-14H2,(H,20,23). The molecule has 2 atom stereocenters. The minimum Gasteiger partial charge on any atom is -0.378 e. The zero-order valence-corrected chi connectivity index (χ0v) is 14.5. The van der Waals surface area contributed by atoms with E-state index in [0.29, 0.717) is 18.0 Å². The molecule has 2 N–H and O–H groups in total. The fraction of sp³-hybridized carbons (Fsp3) is 0.421. The van der Waals surface area contributed by atoms with Gasteiger partial charge < -0.3 is 10.4 Å². The van der Waals surface area contributed by atoms with Crippen LogP contribution in [0.1, 0.15) is 29.4 Å². The number of hydrogen-bond donors (Lipinski definition) is 2. The van der Waals surface area contributed by atoms with Crippen LogP contribution >= 0.6 is 11.3 Å². The first-order valence-corrected chi connectivity index (χ1v) is 9.36. The molecule has 24 heavy (non-hydrogen) atoms. The molecular formula is C19H24N2O2S. The van der Waals surface area contributed by atoms with Crippen molar-refractivity contribution in [3.8, 4) is 0 Å². The van der Waals surface area contributed by atoms with Gasteiger partial charge in [0.2, 0.25) is 0 Å². The van der Waals surface area contributed by atoms with Crippen LogP contribution in [0.25, 0.3) is 0 Å². The lowest BCUT2D eigenvalue weighted by Gasteiger charge is -2.32. The number of carbonyl (C=O) groups excluding carboxylic acids is 1. The molecule has 5 heteroatoms. The monoisotopic (exact) mass is 344 g/mol. The average molecular weight is 344 g/mol. The Bertz CT molecular complexity index is 630. The molecule has 128 valence electrons. The maximum atomic E-state index is 12.2. The van der Waals surface area contributed by atoms with Crippen molar-refractivity contribution in [1.82, 2.24) is 10.2 Å². The van der Waals surface area contributed by atoms with Crippen LogP contribution in [-0.4, -0.2) is 35.5 Å². The summed E-state index contributed by atoms with van der Waals surface area (Å²) in [6.07, 6.45) is 1.20. The Labute approximate surface area is 147 Å². The van der Waals surface area contributed by atoms with Gasteiger partial charge in [0.15, 0.2) is 6.10 Å². The summed E-state index contributed by atoms with van der Waals surface area (Å²) < 4.78 is 0. The number of likely N-dealkylation sites (tertiary alicyclic amines) is 1. The minimum absolute atomic E-state index is 0.309. The number of aliphatic hydroxyl groups is 1. The third kappa shape index (κ3) is 4.66. The first-order chi connectivity index (χ1) is 11.7. The van der Waals surface area contributed by atoms with E-state index in [2.05, 4.69) is 27.7 Å². The number of benzene rings is 1. The van der Waals surface area contributed by atoms with Gasteiger partial charge in [-0.15, -0.1) is 11.3 Å². The SMILES string of the molecule is O=C(NCC1CCCN(Cc2cccs2)C1)C(O)c1ccccc1. The molecule has 1 aliphatic heterocycles. The van der Waals surface area contributed by atoms with Crippen molar-refractivity contribution in [1.29, 1.82) is 0 Å². The van der Waals surface area contributed by atoms with E-state index in [1.165, 1.54) is 4.88 Å². The highest BCUT2D eigenvalue weighted by Crippen LogP contribution is 2.20. The average Bonchev–Trinajstić information content (AvgIpc) is 3.13. The summed E-state index contributed by atoms with van der Waals surface area (Å²) in [6, 6.07) is 13.3. The zero-order valence-electron chi connectivity index (χ0n) is 13.7. The van der Waals surface area contributed by atoms with Crippen LogP contribution in [0.3, 0.4) is 0 Å². The van der Waals surface area contributed by atoms with Crippen LogP contribution < -0.4 is 5.32 Å². The van der Waals surface area contributed by atoms with Crippen LogP contribution in [-0.2, 0) is 11.3 Å². The van der Waals surface area contributed by atoms with E-state index in [1.54, 1.807) is 23.5 Å². The molecule has 1 fully saturated rings. The maximum Gasteiger partial charge on any atom is 0.253 e. The number of aliphatic hydroxyl groups excluding tert-OH is 1. The van der Waals surface area contributed by atoms with E-state index < -0.39 is 6.10 Å². The summed E-state index contributed by atoms with van der Waals surface area (Å²) >= 11 is 1.79. The Morgan fingerprint density at radius 3 is 2.88 bits per heavy atom. The number of amides is 1. The van der Waals surface area contributed by atoms with Crippen LogP contribution in [0.2, 0.25) is 0 Å². The lowest BCUT2D eigenvalue weighted by Crippen LogP contribution is -2.41. The van der Waals surface area contributed by atoms with E-state index in [0.717, 1.165) is 32.5 Å². The molecular weight excluding hydrogens is 320 g/mol. The van der Waals surface area contributed by atoms with Crippen molar-refractivity contribution >= 4 is 17.2 Å². The first kappa shape index (κ1) is 17.1. The summed E-state index contributed by atoms with van der Waals surface area (Å²) in [6.45, 7) is 3.74. The molecule has 2 heterocycles. The molecule has 0 spiro atoms. The summed E-state index contributed by atoms with van der Waals surface area (Å²) in [5.74, 6) is 0.141. The molecule has 3 rings (SSSR count). The van der Waals surface area contributed by atoms with Crippen LogP contribution in [0.5, 0.6) is 0 Å². The number of thiophene rings is 1. The summed E-state index contributed by atoms with van der Waals surface area (Å²) in [5.41, 5.74) is 0.637. The molecule has 0 radical (unpaired) electrons. The highest BCUT2D eigenvalue weighted by molar-refractivity contribution is 7.09. The van der Waals surface area contributed by atoms with E-state index in [4.69, 9.17) is 0 Å². The van der Waals surface area contributed by atoms with E-state index in [-0.39, 0.29) is 5.91 Å². The predicted molar refractivity (Wildman–Crippen MR) is 96.7 cm³/mol. The van der Waals surface area contributed by atoms with Gasteiger partial charge in [0.25, 0.3) is 5.91 Å². The lowest BCUT2D eigenvalue weighted by molar-refractivity contribution is -0.129. The lowest BCUT2D eigenvalue weighted by atomic mass is 9.97. The number of nitrogens with one attached hydrogen (secondary N) is 1. The molecule has 0 saturated carbocycles. The Kier molecular flexibility index (Phi) is 6.01. The van der Waals surface area contributed by atoms with Gasteiger partial charge in [-0.25, -0.2) is 0 Å². The predicted octanol–water partition coefficient (Wildman–Crippen LogP) is 2.81. The largest absolute Gasteiger partial charge is 0.378 e. The highest BCUT2D eigenvalue weighted by Gasteiger charge is 2.22. The smallest absolute Gasteiger partial charge is 0.253 e. The van der Waals surface area contributed by atoms with Crippen molar-refractivity contribution < 1.29 is 9.90 Å². The molecule has 1 saturated heterocycles. The molecule has 1 aliphatic rings. The Morgan fingerprint density at radius 2 is 2.12 bits per heavy atom. The van der Waals surface area contributed by atoms with Gasteiger partial charge in [-0.3, -0.25) is 9.69 Å². The van der Waals surface area contributed by atoms with Gasteiger partial charge in [-0.05, 0) is 42.3 Å². The number of piperidine rings is 1. The van der Waals surface area contributed by atoms with Crippen LogP contribution in [0.4, 0.5) is 0 Å². The molecule has 0 aliphatic carbocycles. The zero-order chi connectivity index (χ0) is 16.8. The second-order valence-corrected chi connectivity index (χ2v) is 7.41. The van der Waals surface area contributed by atoms with Gasteiger partial charge in [0.1, 0.15) is 0 Å². The first-order valence-electron chi connectivity index (χ1n) is 8.48. The Balaban J connectivity index is 1.46. The fourth-order valence-electron chi connectivity index (χ4n) is 3.21. The van der Waals surface area contributed by atoms with Gasteiger partial charge in [0, 0.05) is 24.5 Å². The van der Waals surface area contributed by atoms with Crippen LogP contribution in [0, 0.1) is 5.92 Å². The van der Waals surface area contributed by atoms with Gasteiger partial charge in [0.05, 0.1) is 0 Å². The minimum atomic E-state index is -1.09. The van der Waals surface area contributed by atoms with E-state index in [9.17, 15) is 9.90 Å². The Hall–Kier alpha value is -1.69. The third-order valence-corrected chi connectivity index (χ3v) is 5.35. The molecule has 2 unspecified atom stereocenters. The van der Waals surface area contributed by atoms with Gasteiger partial charge in [-0.1, -0.05) is 36.4 Å². The van der Waals surface area contributed by atoms with Crippen molar-refractivity contribution in [2.75, 3.05) is 19.6 Å². The Morgan fingerprint density at radius 1 is 1.29 bits per heavy atom. The fourth-order valence-corrected chi connectivity index (χ4v) is 3.96. The van der Waals surface area contributed by atoms with Gasteiger partial charge in [-0.2, -0.15) is 0 Å². The van der Waals surface area contributed by atoms with E-state index in [1.807, 2.05) is 18.2 Å². The van der Waals surface area contributed by atoms with Crippen LogP contribution in [0.15, 0.2) is 47.8 Å². The third-order valence-electron chi connectivity index (χ3n) is 4.49. The molecule has 1 amide bonds. The molecule has 1 aromatic heterocycles. The van der Waals surface area contributed by atoms with Crippen molar-refractivity contribution in [3.05, 3.63) is 58.3 Å². The number of carbonyl (C=O) groups is 1. The van der Waals surface area contributed by atoms with Crippen molar-refractivity contribution in [2.24, 2.45) is 5.92 Å². The topological polar surface area (TPSA) is 52.6 Å². The normalized spacial score (nSPS) is 19.8. The molecule has 1 aromatic carbocycles. The second kappa shape index (κ2) is 8.42. The molecule has 2 aromatic rings. The van der Waals surface area contributed by atoms with Crippen molar-refractivity contribution in [3.63, 3.8) is 0 Å². The van der Waals surface area contributed by atoms with Gasteiger partial charge >= 0.3 is 0 Å². The number of nitrogens with zero attached hydrogens (tertiary/aromatic N) is 1. The maximum absolute atomic E-state index is 12.2. The highest BCUT2D eigenvalue weighted by atomic mass is 32.1. The molecule has 4 nitrogen and oxygen atoms in total. The summed E-state index contributed by atoms with van der Waals surface area (Å²) in [4.78, 5) is 16.0. The van der Waals surface area contributed by atoms with E-state index >= 15 is 0 Å². The second-order valence-electron chi connectivity index (χ2n) is 6.38. The number of hydrogen-bond acceptors (Lipinski definition) is 4. The summed E-state index contributed by atoms with van der Waals surface area (Å²) in [5, 5.41) is 15.2.